The van der Waals surface area contributed by atoms with Crippen LogP contribution in [0.25, 0.3) is 0 Å². The van der Waals surface area contributed by atoms with Crippen molar-refractivity contribution < 1.29 is 4.79 Å². The molecule has 0 bridgehead atoms. The predicted octanol–water partition coefficient (Wildman–Crippen LogP) is 2.81. The lowest BCUT2D eigenvalue weighted by Crippen LogP contribution is -2.33. The molecule has 1 aliphatic rings. The Hall–Kier alpha value is -1.06. The lowest BCUT2D eigenvalue weighted by atomic mass is 10.1. The highest BCUT2D eigenvalue weighted by Gasteiger charge is 2.25. The molecule has 0 saturated heterocycles. The van der Waals surface area contributed by atoms with E-state index in [4.69, 9.17) is 17.3 Å². The van der Waals surface area contributed by atoms with Crippen LogP contribution in [0.2, 0.25) is 5.02 Å². The molecule has 104 valence electrons. The third-order valence-electron chi connectivity index (χ3n) is 4.04. The maximum Gasteiger partial charge on any atom is 0.253 e. The van der Waals surface area contributed by atoms with Crippen molar-refractivity contribution >= 4 is 17.5 Å². The first-order valence-corrected chi connectivity index (χ1v) is 7.16. The molecule has 0 aliphatic heterocycles. The number of amides is 1. The Morgan fingerprint density at radius 1 is 1.37 bits per heavy atom. The van der Waals surface area contributed by atoms with Crippen molar-refractivity contribution in [1.29, 1.82) is 0 Å². The SMILES string of the molecule is Cc1cc(Cl)c(C(=O)NC2CCC(CN)C2)cc1C. The number of aryl methyl sites for hydroxylation is 2. The van der Waals surface area contributed by atoms with Gasteiger partial charge < -0.3 is 11.1 Å². The Kier molecular flexibility index (Phi) is 4.48. The van der Waals surface area contributed by atoms with Crippen molar-refractivity contribution in [3.05, 3.63) is 33.8 Å². The van der Waals surface area contributed by atoms with E-state index in [1.165, 1.54) is 0 Å². The number of carbonyl (C=O) groups is 1. The molecular weight excluding hydrogens is 260 g/mol. The summed E-state index contributed by atoms with van der Waals surface area (Å²) in [6.45, 7) is 4.69. The molecule has 2 rings (SSSR count). The first kappa shape index (κ1) is 14.4. The Morgan fingerprint density at radius 3 is 2.68 bits per heavy atom. The summed E-state index contributed by atoms with van der Waals surface area (Å²) in [4.78, 5) is 12.3. The summed E-state index contributed by atoms with van der Waals surface area (Å²) in [6.07, 6.45) is 3.09. The molecular formula is C15H21ClN2O. The van der Waals surface area contributed by atoms with Gasteiger partial charge in [-0.05, 0) is 68.8 Å². The second-order valence-electron chi connectivity index (χ2n) is 5.50. The van der Waals surface area contributed by atoms with Crippen LogP contribution in [0.1, 0.15) is 40.7 Å². The maximum atomic E-state index is 12.3. The summed E-state index contributed by atoms with van der Waals surface area (Å²) in [6, 6.07) is 3.95. The van der Waals surface area contributed by atoms with Crippen LogP contribution in [-0.4, -0.2) is 18.5 Å². The van der Waals surface area contributed by atoms with Gasteiger partial charge in [-0.1, -0.05) is 11.6 Å². The van der Waals surface area contributed by atoms with E-state index in [0.29, 0.717) is 23.0 Å². The van der Waals surface area contributed by atoms with Gasteiger partial charge >= 0.3 is 0 Å². The zero-order chi connectivity index (χ0) is 14.0. The highest BCUT2D eigenvalue weighted by atomic mass is 35.5. The largest absolute Gasteiger partial charge is 0.349 e. The Morgan fingerprint density at radius 2 is 2.05 bits per heavy atom. The normalized spacial score (nSPS) is 22.5. The second kappa shape index (κ2) is 5.93. The molecule has 0 radical (unpaired) electrons. The number of halogens is 1. The summed E-state index contributed by atoms with van der Waals surface area (Å²) < 4.78 is 0. The molecule has 1 aromatic rings. The van der Waals surface area contributed by atoms with Gasteiger partial charge in [0.1, 0.15) is 0 Å². The number of hydrogen-bond donors (Lipinski definition) is 2. The van der Waals surface area contributed by atoms with E-state index in [-0.39, 0.29) is 11.9 Å². The minimum atomic E-state index is -0.0734. The monoisotopic (exact) mass is 280 g/mol. The van der Waals surface area contributed by atoms with Crippen molar-refractivity contribution in [1.82, 2.24) is 5.32 Å². The molecule has 1 aromatic carbocycles. The summed E-state index contributed by atoms with van der Waals surface area (Å²) in [5, 5.41) is 3.59. The van der Waals surface area contributed by atoms with Crippen molar-refractivity contribution in [2.45, 2.75) is 39.2 Å². The number of hydrogen-bond acceptors (Lipinski definition) is 2. The van der Waals surface area contributed by atoms with Crippen molar-refractivity contribution in [3.63, 3.8) is 0 Å². The molecule has 3 N–H and O–H groups in total. The minimum Gasteiger partial charge on any atom is -0.349 e. The fraction of sp³-hybridized carbons (Fsp3) is 0.533. The average molecular weight is 281 g/mol. The molecule has 0 heterocycles. The smallest absolute Gasteiger partial charge is 0.253 e. The third-order valence-corrected chi connectivity index (χ3v) is 4.35. The van der Waals surface area contributed by atoms with E-state index in [9.17, 15) is 4.79 Å². The van der Waals surface area contributed by atoms with Gasteiger partial charge in [-0.2, -0.15) is 0 Å². The Labute approximate surface area is 119 Å². The molecule has 0 aromatic heterocycles. The van der Waals surface area contributed by atoms with E-state index < -0.39 is 0 Å². The number of carbonyl (C=O) groups excluding carboxylic acids is 1. The van der Waals surface area contributed by atoms with Gasteiger partial charge in [0.05, 0.1) is 10.6 Å². The third kappa shape index (κ3) is 3.28. The standard InChI is InChI=1S/C15H21ClN2O/c1-9-5-13(14(16)6-10(9)2)15(19)18-12-4-3-11(7-12)8-17/h5-6,11-12H,3-4,7-8,17H2,1-2H3,(H,18,19). The van der Waals surface area contributed by atoms with E-state index in [0.717, 1.165) is 30.4 Å². The highest BCUT2D eigenvalue weighted by Crippen LogP contribution is 2.26. The minimum absolute atomic E-state index is 0.0734. The highest BCUT2D eigenvalue weighted by molar-refractivity contribution is 6.34. The second-order valence-corrected chi connectivity index (χ2v) is 5.91. The van der Waals surface area contributed by atoms with E-state index in [2.05, 4.69) is 5.32 Å². The van der Waals surface area contributed by atoms with E-state index in [1.54, 1.807) is 0 Å². The number of nitrogens with one attached hydrogen (secondary N) is 1. The number of rotatable bonds is 3. The predicted molar refractivity (Wildman–Crippen MR) is 78.6 cm³/mol. The average Bonchev–Trinajstić information content (AvgIpc) is 2.81. The van der Waals surface area contributed by atoms with Gasteiger partial charge in [0.2, 0.25) is 0 Å². The maximum absolute atomic E-state index is 12.3. The van der Waals surface area contributed by atoms with Gasteiger partial charge in [0.15, 0.2) is 0 Å². The molecule has 1 aliphatic carbocycles. The molecule has 1 fully saturated rings. The lowest BCUT2D eigenvalue weighted by Gasteiger charge is -2.14. The summed E-state index contributed by atoms with van der Waals surface area (Å²) in [7, 11) is 0. The number of nitrogens with two attached hydrogens (primary N) is 1. The first-order valence-electron chi connectivity index (χ1n) is 6.79. The topological polar surface area (TPSA) is 55.1 Å². The Bertz CT molecular complexity index is 487. The quantitative estimate of drug-likeness (QED) is 0.894. The van der Waals surface area contributed by atoms with Crippen molar-refractivity contribution in [3.8, 4) is 0 Å². The van der Waals surface area contributed by atoms with E-state index in [1.807, 2.05) is 26.0 Å². The van der Waals surface area contributed by atoms with Crippen LogP contribution in [0, 0.1) is 19.8 Å². The lowest BCUT2D eigenvalue weighted by molar-refractivity contribution is 0.0937. The first-order chi connectivity index (χ1) is 9.01. The summed E-state index contributed by atoms with van der Waals surface area (Å²) in [5.74, 6) is 0.469. The van der Waals surface area contributed by atoms with Crippen molar-refractivity contribution in [2.24, 2.45) is 11.7 Å². The van der Waals surface area contributed by atoms with Gasteiger partial charge in [-0.25, -0.2) is 0 Å². The van der Waals surface area contributed by atoms with Gasteiger partial charge in [-0.3, -0.25) is 4.79 Å². The molecule has 19 heavy (non-hydrogen) atoms. The molecule has 0 spiro atoms. The summed E-state index contributed by atoms with van der Waals surface area (Å²) >= 11 is 6.16. The van der Waals surface area contributed by atoms with Gasteiger partial charge in [0.25, 0.3) is 5.91 Å². The van der Waals surface area contributed by atoms with Crippen molar-refractivity contribution in [2.75, 3.05) is 6.54 Å². The van der Waals surface area contributed by atoms with Crippen LogP contribution in [0.3, 0.4) is 0 Å². The van der Waals surface area contributed by atoms with Crippen LogP contribution in [0.4, 0.5) is 0 Å². The fourth-order valence-corrected chi connectivity index (χ4v) is 2.94. The van der Waals surface area contributed by atoms with Gasteiger partial charge in [0, 0.05) is 6.04 Å². The van der Waals surface area contributed by atoms with Crippen LogP contribution in [-0.2, 0) is 0 Å². The van der Waals surface area contributed by atoms with Crippen LogP contribution in [0.5, 0.6) is 0 Å². The molecule has 4 heteroatoms. The molecule has 2 atom stereocenters. The van der Waals surface area contributed by atoms with Crippen LogP contribution < -0.4 is 11.1 Å². The van der Waals surface area contributed by atoms with Crippen LogP contribution >= 0.6 is 11.6 Å². The zero-order valence-electron chi connectivity index (χ0n) is 11.5. The Balaban J connectivity index is 2.06. The van der Waals surface area contributed by atoms with Gasteiger partial charge in [-0.15, -0.1) is 0 Å². The molecule has 1 amide bonds. The summed E-state index contributed by atoms with van der Waals surface area (Å²) in [5.41, 5.74) is 8.42. The molecule has 3 nitrogen and oxygen atoms in total. The molecule has 1 saturated carbocycles. The molecule has 2 unspecified atom stereocenters. The van der Waals surface area contributed by atoms with Crippen LogP contribution in [0.15, 0.2) is 12.1 Å². The van der Waals surface area contributed by atoms with E-state index >= 15 is 0 Å². The zero-order valence-corrected chi connectivity index (χ0v) is 12.3. The number of benzene rings is 1. The fourth-order valence-electron chi connectivity index (χ4n) is 2.64.